The van der Waals surface area contributed by atoms with Gasteiger partial charge in [-0.1, -0.05) is 12.8 Å². The number of benzene rings is 2. The summed E-state index contributed by atoms with van der Waals surface area (Å²) < 4.78 is 45.7. The molecule has 0 amide bonds. The molecule has 0 unspecified atom stereocenters. The minimum absolute atomic E-state index is 0.0372. The Morgan fingerprint density at radius 2 is 1.43 bits per heavy atom. The summed E-state index contributed by atoms with van der Waals surface area (Å²) in [7, 11) is -3.49. The summed E-state index contributed by atoms with van der Waals surface area (Å²) >= 11 is 0. The van der Waals surface area contributed by atoms with Crippen LogP contribution < -0.4 is 9.46 Å². The minimum Gasteiger partial charge on any atom is -0.457 e. The molecule has 122 valence electrons. The molecule has 1 aliphatic rings. The molecule has 0 aliphatic heterocycles. The van der Waals surface area contributed by atoms with Gasteiger partial charge in [0.2, 0.25) is 10.0 Å². The van der Waals surface area contributed by atoms with E-state index in [1.807, 2.05) is 0 Å². The number of hydrogen-bond donors (Lipinski definition) is 1. The lowest BCUT2D eigenvalue weighted by Crippen LogP contribution is -2.32. The molecule has 1 aliphatic carbocycles. The topological polar surface area (TPSA) is 55.4 Å². The Morgan fingerprint density at radius 1 is 0.913 bits per heavy atom. The van der Waals surface area contributed by atoms with Gasteiger partial charge in [0.25, 0.3) is 0 Å². The Hall–Kier alpha value is -1.92. The van der Waals surface area contributed by atoms with Crippen LogP contribution in [-0.4, -0.2) is 14.5 Å². The fourth-order valence-corrected chi connectivity index (χ4v) is 3.96. The van der Waals surface area contributed by atoms with Gasteiger partial charge in [0.05, 0.1) is 4.90 Å². The third-order valence-electron chi connectivity index (χ3n) is 3.86. The summed E-state index contributed by atoms with van der Waals surface area (Å²) in [4.78, 5) is 0.218. The molecule has 23 heavy (non-hydrogen) atoms. The van der Waals surface area contributed by atoms with Crippen LogP contribution in [0.4, 0.5) is 4.39 Å². The molecule has 0 spiro atoms. The summed E-state index contributed by atoms with van der Waals surface area (Å²) in [6.45, 7) is 0. The van der Waals surface area contributed by atoms with Crippen LogP contribution >= 0.6 is 0 Å². The van der Waals surface area contributed by atoms with Gasteiger partial charge >= 0.3 is 0 Å². The summed E-state index contributed by atoms with van der Waals surface area (Å²) in [6, 6.07) is 11.9. The van der Waals surface area contributed by atoms with E-state index in [2.05, 4.69) is 4.72 Å². The van der Waals surface area contributed by atoms with Gasteiger partial charge in [0, 0.05) is 6.04 Å². The molecule has 1 N–H and O–H groups in total. The van der Waals surface area contributed by atoms with E-state index in [1.165, 1.54) is 36.4 Å². The van der Waals surface area contributed by atoms with Crippen molar-refractivity contribution in [2.75, 3.05) is 0 Å². The van der Waals surface area contributed by atoms with E-state index < -0.39 is 10.0 Å². The van der Waals surface area contributed by atoms with E-state index >= 15 is 0 Å². The maximum atomic E-state index is 12.8. The molecule has 6 heteroatoms. The van der Waals surface area contributed by atoms with Crippen molar-refractivity contribution in [2.45, 2.75) is 36.6 Å². The van der Waals surface area contributed by atoms with E-state index in [9.17, 15) is 12.8 Å². The smallest absolute Gasteiger partial charge is 0.240 e. The first kappa shape index (κ1) is 16.0. The highest BCUT2D eigenvalue weighted by Gasteiger charge is 2.22. The van der Waals surface area contributed by atoms with Crippen LogP contribution in [0.1, 0.15) is 25.7 Å². The first-order chi connectivity index (χ1) is 11.0. The number of hydrogen-bond acceptors (Lipinski definition) is 3. The zero-order valence-electron chi connectivity index (χ0n) is 12.5. The quantitative estimate of drug-likeness (QED) is 0.903. The van der Waals surface area contributed by atoms with Crippen molar-refractivity contribution in [3.63, 3.8) is 0 Å². The van der Waals surface area contributed by atoms with E-state index in [1.54, 1.807) is 12.1 Å². The highest BCUT2D eigenvalue weighted by molar-refractivity contribution is 7.89. The Bertz CT molecular complexity index is 751. The van der Waals surface area contributed by atoms with Crippen LogP contribution in [0.2, 0.25) is 0 Å². The number of ether oxygens (including phenoxy) is 1. The van der Waals surface area contributed by atoms with Crippen LogP contribution in [0, 0.1) is 5.82 Å². The van der Waals surface area contributed by atoms with Gasteiger partial charge in [-0.05, 0) is 61.4 Å². The average Bonchev–Trinajstić information content (AvgIpc) is 3.02. The Morgan fingerprint density at radius 3 is 2.00 bits per heavy atom. The molecule has 0 atom stereocenters. The maximum absolute atomic E-state index is 12.8. The van der Waals surface area contributed by atoms with E-state index in [4.69, 9.17) is 4.74 Å². The third kappa shape index (κ3) is 4.09. The van der Waals surface area contributed by atoms with Gasteiger partial charge in [-0.2, -0.15) is 0 Å². The van der Waals surface area contributed by atoms with Crippen LogP contribution in [0.3, 0.4) is 0 Å². The lowest BCUT2D eigenvalue weighted by atomic mass is 10.3. The van der Waals surface area contributed by atoms with Crippen LogP contribution in [0.15, 0.2) is 53.4 Å². The second-order valence-corrected chi connectivity index (χ2v) is 7.34. The Labute approximate surface area is 135 Å². The van der Waals surface area contributed by atoms with Crippen molar-refractivity contribution in [2.24, 2.45) is 0 Å². The van der Waals surface area contributed by atoms with Crippen molar-refractivity contribution in [1.82, 2.24) is 4.72 Å². The van der Waals surface area contributed by atoms with Crippen molar-refractivity contribution in [1.29, 1.82) is 0 Å². The van der Waals surface area contributed by atoms with Crippen LogP contribution in [0.5, 0.6) is 11.5 Å². The second kappa shape index (κ2) is 6.68. The fraction of sp³-hybridized carbons (Fsp3) is 0.294. The molecule has 0 bridgehead atoms. The molecule has 1 saturated carbocycles. The van der Waals surface area contributed by atoms with Crippen LogP contribution in [0.25, 0.3) is 0 Å². The van der Waals surface area contributed by atoms with Gasteiger partial charge in [0.1, 0.15) is 17.3 Å². The first-order valence-corrected chi connectivity index (χ1v) is 9.07. The van der Waals surface area contributed by atoms with Gasteiger partial charge in [-0.15, -0.1) is 0 Å². The lowest BCUT2D eigenvalue weighted by molar-refractivity contribution is 0.480. The molecular weight excluding hydrogens is 317 g/mol. The minimum atomic E-state index is -3.49. The van der Waals surface area contributed by atoms with E-state index in [-0.39, 0.29) is 16.8 Å². The van der Waals surface area contributed by atoms with Gasteiger partial charge in [-0.3, -0.25) is 0 Å². The lowest BCUT2D eigenvalue weighted by Gasteiger charge is -2.13. The van der Waals surface area contributed by atoms with Crippen molar-refractivity contribution >= 4 is 10.0 Å². The molecule has 0 aromatic heterocycles. The van der Waals surface area contributed by atoms with Gasteiger partial charge < -0.3 is 4.74 Å². The Kier molecular flexibility index (Phi) is 4.63. The summed E-state index contributed by atoms with van der Waals surface area (Å²) in [5, 5.41) is 0. The van der Waals surface area contributed by atoms with Crippen LogP contribution in [-0.2, 0) is 10.0 Å². The van der Waals surface area contributed by atoms with Gasteiger partial charge in [0.15, 0.2) is 0 Å². The molecule has 2 aromatic rings. The fourth-order valence-electron chi connectivity index (χ4n) is 2.66. The summed E-state index contributed by atoms with van der Waals surface area (Å²) in [5.41, 5.74) is 0. The van der Waals surface area contributed by atoms with E-state index in [0.717, 1.165) is 25.7 Å². The highest BCUT2D eigenvalue weighted by atomic mass is 32.2. The predicted octanol–water partition coefficient (Wildman–Crippen LogP) is 3.84. The molecule has 1 fully saturated rings. The first-order valence-electron chi connectivity index (χ1n) is 7.59. The number of halogens is 1. The Balaban J connectivity index is 1.69. The third-order valence-corrected chi connectivity index (χ3v) is 5.40. The summed E-state index contributed by atoms with van der Waals surface area (Å²) in [5.74, 6) is 0.652. The number of rotatable bonds is 5. The maximum Gasteiger partial charge on any atom is 0.240 e. The molecular formula is C17H18FNO3S. The van der Waals surface area contributed by atoms with Crippen molar-refractivity contribution in [3.8, 4) is 11.5 Å². The van der Waals surface area contributed by atoms with E-state index in [0.29, 0.717) is 11.5 Å². The molecule has 0 radical (unpaired) electrons. The zero-order valence-corrected chi connectivity index (χ0v) is 13.4. The van der Waals surface area contributed by atoms with Crippen molar-refractivity contribution in [3.05, 3.63) is 54.3 Å². The molecule has 0 saturated heterocycles. The molecule has 4 nitrogen and oxygen atoms in total. The average molecular weight is 335 g/mol. The SMILES string of the molecule is O=S(=O)(NC1CCCC1)c1ccc(Oc2ccc(F)cc2)cc1. The normalized spacial score (nSPS) is 15.7. The predicted molar refractivity (Wildman–Crippen MR) is 85.5 cm³/mol. The standard InChI is InChI=1S/C17H18FNO3S/c18-13-5-7-15(8-6-13)22-16-9-11-17(12-10-16)23(20,21)19-14-3-1-2-4-14/h5-12,14,19H,1-4H2. The van der Waals surface area contributed by atoms with Crippen molar-refractivity contribution < 1.29 is 17.5 Å². The highest BCUT2D eigenvalue weighted by Crippen LogP contribution is 2.24. The largest absolute Gasteiger partial charge is 0.457 e. The zero-order chi connectivity index (χ0) is 16.3. The van der Waals surface area contributed by atoms with Gasteiger partial charge in [-0.25, -0.2) is 17.5 Å². The number of nitrogens with one attached hydrogen (secondary N) is 1. The monoisotopic (exact) mass is 335 g/mol. The number of sulfonamides is 1. The second-order valence-electron chi connectivity index (χ2n) is 5.63. The molecule has 2 aromatic carbocycles. The molecule has 3 rings (SSSR count). The summed E-state index contributed by atoms with van der Waals surface area (Å²) in [6.07, 6.45) is 3.92. The molecule has 0 heterocycles.